The van der Waals surface area contributed by atoms with E-state index in [0.717, 1.165) is 6.07 Å². The lowest BCUT2D eigenvalue weighted by Crippen LogP contribution is -2.20. The molecule has 9 heteroatoms. The van der Waals surface area contributed by atoms with Gasteiger partial charge in [-0.3, -0.25) is 4.79 Å². The molecule has 4 nitrogen and oxygen atoms in total. The van der Waals surface area contributed by atoms with Gasteiger partial charge in [-0.25, -0.2) is 9.37 Å². The third kappa shape index (κ3) is 5.10. The first-order valence-corrected chi connectivity index (χ1v) is 6.50. The van der Waals surface area contributed by atoms with Crippen LogP contribution in [0.1, 0.15) is 18.3 Å². The summed E-state index contributed by atoms with van der Waals surface area (Å²) < 4.78 is 58.1. The molecule has 20 heavy (non-hydrogen) atoms. The number of rotatable bonds is 5. The van der Waals surface area contributed by atoms with E-state index in [1.165, 1.54) is 0 Å². The van der Waals surface area contributed by atoms with Gasteiger partial charge in [-0.15, -0.1) is 13.2 Å². The molecule has 0 aliphatic heterocycles. The number of carbonyl (C=O) groups excluding carboxylic acids is 1. The van der Waals surface area contributed by atoms with E-state index < -0.39 is 31.2 Å². The van der Waals surface area contributed by atoms with Gasteiger partial charge in [0.05, 0.1) is 24.4 Å². The zero-order valence-electron chi connectivity index (χ0n) is 10.3. The van der Waals surface area contributed by atoms with Crippen LogP contribution < -0.4 is 4.74 Å². The fourth-order valence-corrected chi connectivity index (χ4v) is 1.88. The standard InChI is InChI=1S/C11H10F4INO3/c1-2-19-10(18)4-7-9(20-11(13,14)15)3-6(16)8(5-12)17-7/h3H,2,4-5H2,1H3. The average Bonchev–Trinajstić information content (AvgIpc) is 2.30. The summed E-state index contributed by atoms with van der Waals surface area (Å²) in [7, 11) is 0. The molecule has 0 amide bonds. The predicted octanol–water partition coefficient (Wildman–Crippen LogP) is 3.16. The van der Waals surface area contributed by atoms with Crippen molar-refractivity contribution >= 4 is 28.6 Å². The Morgan fingerprint density at radius 1 is 1.40 bits per heavy atom. The maximum Gasteiger partial charge on any atom is 0.573 e. The van der Waals surface area contributed by atoms with E-state index in [9.17, 15) is 22.4 Å². The van der Waals surface area contributed by atoms with Gasteiger partial charge in [0.2, 0.25) is 0 Å². The molecule has 112 valence electrons. The Morgan fingerprint density at radius 3 is 2.55 bits per heavy atom. The summed E-state index contributed by atoms with van der Waals surface area (Å²) in [5, 5.41) is 0. The predicted molar refractivity (Wildman–Crippen MR) is 68.8 cm³/mol. The van der Waals surface area contributed by atoms with E-state index in [1.54, 1.807) is 29.5 Å². The van der Waals surface area contributed by atoms with Crippen LogP contribution in [-0.2, 0) is 22.6 Å². The summed E-state index contributed by atoms with van der Waals surface area (Å²) in [5.74, 6) is -1.40. The minimum Gasteiger partial charge on any atom is -0.466 e. The van der Waals surface area contributed by atoms with Crippen LogP contribution in [-0.4, -0.2) is 23.9 Å². The summed E-state index contributed by atoms with van der Waals surface area (Å²) in [4.78, 5) is 15.0. The van der Waals surface area contributed by atoms with E-state index in [4.69, 9.17) is 0 Å². The topological polar surface area (TPSA) is 48.4 Å². The van der Waals surface area contributed by atoms with Crippen molar-refractivity contribution in [2.24, 2.45) is 0 Å². The Labute approximate surface area is 125 Å². The van der Waals surface area contributed by atoms with E-state index in [0.29, 0.717) is 0 Å². The summed E-state index contributed by atoms with van der Waals surface area (Å²) in [6, 6.07) is 0.991. The third-order valence-electron chi connectivity index (χ3n) is 2.06. The van der Waals surface area contributed by atoms with E-state index in [2.05, 4.69) is 14.5 Å². The first kappa shape index (κ1) is 16.9. The minimum atomic E-state index is -4.93. The smallest absolute Gasteiger partial charge is 0.466 e. The molecule has 0 radical (unpaired) electrons. The zero-order chi connectivity index (χ0) is 15.3. The summed E-state index contributed by atoms with van der Waals surface area (Å²) in [6.45, 7) is 0.675. The molecule has 0 spiro atoms. The van der Waals surface area contributed by atoms with Crippen molar-refractivity contribution in [3.05, 3.63) is 21.0 Å². The van der Waals surface area contributed by atoms with Crippen LogP contribution in [0.15, 0.2) is 6.07 Å². The van der Waals surface area contributed by atoms with Crippen LogP contribution in [0.5, 0.6) is 5.75 Å². The molecule has 0 aromatic carbocycles. The minimum absolute atomic E-state index is 0.0561. The Kier molecular flexibility index (Phi) is 5.96. The lowest BCUT2D eigenvalue weighted by Gasteiger charge is -2.14. The van der Waals surface area contributed by atoms with Crippen LogP contribution in [0, 0.1) is 3.57 Å². The Bertz CT molecular complexity index is 493. The van der Waals surface area contributed by atoms with Crippen LogP contribution in [0.4, 0.5) is 17.6 Å². The fraction of sp³-hybridized carbons (Fsp3) is 0.455. The van der Waals surface area contributed by atoms with Gasteiger partial charge in [0, 0.05) is 3.57 Å². The summed E-state index contributed by atoms with van der Waals surface area (Å²) >= 11 is 1.64. The third-order valence-corrected chi connectivity index (χ3v) is 2.99. The van der Waals surface area contributed by atoms with Gasteiger partial charge in [0.25, 0.3) is 0 Å². The summed E-state index contributed by atoms with van der Waals surface area (Å²) in [6.07, 6.45) is -5.45. The number of pyridine rings is 1. The highest BCUT2D eigenvalue weighted by atomic mass is 127. The monoisotopic (exact) mass is 407 g/mol. The normalized spacial score (nSPS) is 11.3. The van der Waals surface area contributed by atoms with Gasteiger partial charge < -0.3 is 9.47 Å². The van der Waals surface area contributed by atoms with Crippen molar-refractivity contribution in [1.29, 1.82) is 0 Å². The molecule has 1 aromatic rings. The highest BCUT2D eigenvalue weighted by Crippen LogP contribution is 2.29. The molecule has 0 aliphatic rings. The van der Waals surface area contributed by atoms with Gasteiger partial charge in [-0.2, -0.15) is 0 Å². The van der Waals surface area contributed by atoms with Crippen LogP contribution in [0.3, 0.4) is 0 Å². The maximum absolute atomic E-state index is 12.7. The van der Waals surface area contributed by atoms with E-state index >= 15 is 0 Å². The number of alkyl halides is 4. The molecule has 0 bridgehead atoms. The summed E-state index contributed by atoms with van der Waals surface area (Å²) in [5.41, 5.74) is -0.367. The van der Waals surface area contributed by atoms with Gasteiger partial charge in [-0.05, 0) is 35.6 Å². The number of hydrogen-bond acceptors (Lipinski definition) is 4. The molecule has 0 N–H and O–H groups in total. The molecule has 0 saturated heterocycles. The molecule has 1 rings (SSSR count). The van der Waals surface area contributed by atoms with E-state index in [-0.39, 0.29) is 21.6 Å². The highest BCUT2D eigenvalue weighted by molar-refractivity contribution is 14.1. The second-order valence-corrected chi connectivity index (χ2v) is 4.69. The molecule has 0 unspecified atom stereocenters. The Hall–Kier alpha value is -1.13. The quantitative estimate of drug-likeness (QED) is 0.428. The lowest BCUT2D eigenvalue weighted by atomic mass is 10.2. The van der Waals surface area contributed by atoms with Crippen molar-refractivity contribution < 1.29 is 31.8 Å². The van der Waals surface area contributed by atoms with E-state index in [1.807, 2.05) is 0 Å². The van der Waals surface area contributed by atoms with Gasteiger partial charge in [-0.1, -0.05) is 0 Å². The van der Waals surface area contributed by atoms with Crippen molar-refractivity contribution in [2.45, 2.75) is 26.4 Å². The van der Waals surface area contributed by atoms with Crippen molar-refractivity contribution in [3.8, 4) is 5.75 Å². The average molecular weight is 407 g/mol. The molecule has 0 fully saturated rings. The molecule has 0 saturated carbocycles. The van der Waals surface area contributed by atoms with Gasteiger partial charge >= 0.3 is 12.3 Å². The van der Waals surface area contributed by atoms with Crippen molar-refractivity contribution in [2.75, 3.05) is 6.61 Å². The number of esters is 1. The highest BCUT2D eigenvalue weighted by Gasteiger charge is 2.33. The second kappa shape index (κ2) is 7.04. The molecule has 0 aliphatic carbocycles. The SMILES string of the molecule is CCOC(=O)Cc1nc(CF)c(I)cc1OC(F)(F)F. The number of ether oxygens (including phenoxy) is 2. The number of carbonyl (C=O) groups is 1. The van der Waals surface area contributed by atoms with Crippen molar-refractivity contribution in [1.82, 2.24) is 4.98 Å². The first-order valence-electron chi connectivity index (χ1n) is 5.42. The number of nitrogens with zero attached hydrogens (tertiary/aromatic N) is 1. The van der Waals surface area contributed by atoms with Gasteiger partial charge in [0.1, 0.15) is 6.67 Å². The Balaban J connectivity index is 3.12. The molecule has 0 atom stereocenters. The van der Waals surface area contributed by atoms with Crippen molar-refractivity contribution in [3.63, 3.8) is 0 Å². The number of halogens is 5. The fourth-order valence-electron chi connectivity index (χ4n) is 1.34. The molecular formula is C11H10F4INO3. The van der Waals surface area contributed by atoms with Crippen LogP contribution in [0.2, 0.25) is 0 Å². The zero-order valence-corrected chi connectivity index (χ0v) is 12.4. The molecule has 1 heterocycles. The first-order chi connectivity index (χ1) is 9.26. The lowest BCUT2D eigenvalue weighted by molar-refractivity contribution is -0.275. The molecular weight excluding hydrogens is 397 g/mol. The number of hydrogen-bond donors (Lipinski definition) is 0. The van der Waals surface area contributed by atoms with Gasteiger partial charge in [0.15, 0.2) is 5.75 Å². The second-order valence-electron chi connectivity index (χ2n) is 3.52. The van der Waals surface area contributed by atoms with Crippen LogP contribution >= 0.6 is 22.6 Å². The van der Waals surface area contributed by atoms with Crippen LogP contribution in [0.25, 0.3) is 0 Å². The largest absolute Gasteiger partial charge is 0.573 e. The number of aromatic nitrogens is 1. The molecule has 1 aromatic heterocycles. The Morgan fingerprint density at radius 2 is 2.05 bits per heavy atom. The maximum atomic E-state index is 12.7.